The number of nitrogens with two attached hydrogens (primary N) is 1. The van der Waals surface area contributed by atoms with Gasteiger partial charge < -0.3 is 15.6 Å². The smallest absolute Gasteiger partial charge is 0.245 e. The minimum absolute atomic E-state index is 0.0124. The molecule has 0 aromatic heterocycles. The number of ether oxygens (including phenoxy) is 1. The Morgan fingerprint density at radius 1 is 1.30 bits per heavy atom. The molecule has 0 unspecified atom stereocenters. The van der Waals surface area contributed by atoms with Crippen molar-refractivity contribution in [3.05, 3.63) is 23.3 Å². The van der Waals surface area contributed by atoms with E-state index in [1.807, 2.05) is 6.92 Å². The molecule has 1 rings (SSSR count). The van der Waals surface area contributed by atoms with Gasteiger partial charge in [-0.05, 0) is 31.0 Å². The molecule has 0 bridgehead atoms. The molecule has 0 saturated heterocycles. The second kappa shape index (κ2) is 7.03. The maximum absolute atomic E-state index is 12.7. The van der Waals surface area contributed by atoms with Crippen LogP contribution in [-0.2, 0) is 14.8 Å². The maximum atomic E-state index is 12.7. The summed E-state index contributed by atoms with van der Waals surface area (Å²) in [6.07, 6.45) is 0. The van der Waals surface area contributed by atoms with Crippen molar-refractivity contribution in [1.29, 1.82) is 0 Å². The van der Waals surface area contributed by atoms with Crippen molar-refractivity contribution in [3.63, 3.8) is 0 Å². The van der Waals surface area contributed by atoms with Crippen molar-refractivity contribution in [2.45, 2.75) is 18.7 Å². The van der Waals surface area contributed by atoms with Crippen LogP contribution in [0.4, 0.5) is 5.69 Å². The van der Waals surface area contributed by atoms with Gasteiger partial charge >= 0.3 is 0 Å². The van der Waals surface area contributed by atoms with Gasteiger partial charge in [-0.2, -0.15) is 4.31 Å². The molecule has 7 heteroatoms. The van der Waals surface area contributed by atoms with Crippen molar-refractivity contribution in [1.82, 2.24) is 4.31 Å². The van der Waals surface area contributed by atoms with E-state index in [9.17, 15) is 8.42 Å². The fraction of sp³-hybridized carbons (Fsp3) is 0.538. The second-order valence-corrected chi connectivity index (χ2v) is 6.42. The summed E-state index contributed by atoms with van der Waals surface area (Å²) in [7, 11) is -2.25. The van der Waals surface area contributed by atoms with Crippen LogP contribution < -0.4 is 5.73 Å². The quantitative estimate of drug-likeness (QED) is 0.716. The van der Waals surface area contributed by atoms with Gasteiger partial charge in [-0.1, -0.05) is 6.07 Å². The first kappa shape index (κ1) is 16.9. The van der Waals surface area contributed by atoms with Gasteiger partial charge in [-0.25, -0.2) is 8.42 Å². The third kappa shape index (κ3) is 3.49. The summed E-state index contributed by atoms with van der Waals surface area (Å²) in [5, 5.41) is 9.06. The van der Waals surface area contributed by atoms with E-state index >= 15 is 0 Å². The first-order chi connectivity index (χ1) is 9.36. The molecule has 1 aromatic carbocycles. The van der Waals surface area contributed by atoms with Crippen molar-refractivity contribution < 1.29 is 18.3 Å². The van der Waals surface area contributed by atoms with Crippen LogP contribution >= 0.6 is 0 Å². The molecule has 1 aromatic rings. The molecular weight excluding hydrogens is 280 g/mol. The average Bonchev–Trinajstić information content (AvgIpc) is 2.39. The van der Waals surface area contributed by atoms with Gasteiger partial charge in [0.15, 0.2) is 0 Å². The number of hydrogen-bond donors (Lipinski definition) is 2. The van der Waals surface area contributed by atoms with Gasteiger partial charge in [0.25, 0.3) is 0 Å². The largest absolute Gasteiger partial charge is 0.398 e. The monoisotopic (exact) mass is 302 g/mol. The number of hydrogen-bond acceptors (Lipinski definition) is 5. The Hall–Kier alpha value is -1.15. The van der Waals surface area contributed by atoms with E-state index in [4.69, 9.17) is 15.6 Å². The number of nitrogen functional groups attached to an aromatic ring is 1. The van der Waals surface area contributed by atoms with Crippen LogP contribution in [0.1, 0.15) is 11.1 Å². The molecule has 20 heavy (non-hydrogen) atoms. The molecule has 0 aliphatic rings. The number of sulfonamides is 1. The molecular formula is C13H22N2O4S. The molecule has 0 aliphatic carbocycles. The SMILES string of the molecule is COCCN(CCO)S(=O)(=O)c1c(N)ccc(C)c1C. The molecule has 0 heterocycles. The van der Waals surface area contributed by atoms with E-state index in [2.05, 4.69) is 0 Å². The number of aliphatic hydroxyl groups excluding tert-OH is 1. The fourth-order valence-electron chi connectivity index (χ4n) is 1.94. The summed E-state index contributed by atoms with van der Waals surface area (Å²) in [5.74, 6) is 0. The average molecular weight is 302 g/mol. The van der Waals surface area contributed by atoms with E-state index < -0.39 is 10.0 Å². The Labute approximate surface area is 120 Å². The van der Waals surface area contributed by atoms with Crippen LogP contribution in [0.25, 0.3) is 0 Å². The van der Waals surface area contributed by atoms with Gasteiger partial charge in [-0.3, -0.25) is 0 Å². The zero-order chi connectivity index (χ0) is 15.3. The van der Waals surface area contributed by atoms with Gasteiger partial charge in [0.1, 0.15) is 4.90 Å². The topological polar surface area (TPSA) is 92.9 Å². The number of aryl methyl sites for hydroxylation is 1. The van der Waals surface area contributed by atoms with E-state index in [-0.39, 0.29) is 36.9 Å². The van der Waals surface area contributed by atoms with Gasteiger partial charge in [0, 0.05) is 20.2 Å². The standard InChI is InChI=1S/C13H22N2O4S/c1-10-4-5-12(14)13(11(10)2)20(17,18)15(6-8-16)7-9-19-3/h4-5,16H,6-9,14H2,1-3H3. The highest BCUT2D eigenvalue weighted by Gasteiger charge is 2.28. The van der Waals surface area contributed by atoms with Crippen LogP contribution in [0.15, 0.2) is 17.0 Å². The van der Waals surface area contributed by atoms with E-state index in [1.54, 1.807) is 19.1 Å². The van der Waals surface area contributed by atoms with Crippen molar-refractivity contribution >= 4 is 15.7 Å². The van der Waals surface area contributed by atoms with Gasteiger partial charge in [0.05, 0.1) is 18.9 Å². The second-order valence-electron chi connectivity index (χ2n) is 4.55. The predicted octanol–water partition coefficient (Wildman–Crippen LogP) is 0.515. The molecule has 3 N–H and O–H groups in total. The van der Waals surface area contributed by atoms with Crippen molar-refractivity contribution in [2.75, 3.05) is 39.1 Å². The lowest BCUT2D eigenvalue weighted by Crippen LogP contribution is -2.37. The van der Waals surface area contributed by atoms with Gasteiger partial charge in [-0.15, -0.1) is 0 Å². The van der Waals surface area contributed by atoms with Crippen LogP contribution in [0.5, 0.6) is 0 Å². The first-order valence-corrected chi connectivity index (χ1v) is 7.76. The van der Waals surface area contributed by atoms with Crippen molar-refractivity contribution in [3.8, 4) is 0 Å². The molecule has 0 fully saturated rings. The Morgan fingerprint density at radius 2 is 1.95 bits per heavy atom. The highest BCUT2D eigenvalue weighted by molar-refractivity contribution is 7.89. The van der Waals surface area contributed by atoms with E-state index in [0.717, 1.165) is 5.56 Å². The summed E-state index contributed by atoms with van der Waals surface area (Å²) in [6.45, 7) is 3.74. The van der Waals surface area contributed by atoms with Crippen LogP contribution in [0, 0.1) is 13.8 Å². The highest BCUT2D eigenvalue weighted by Crippen LogP contribution is 2.28. The number of nitrogens with zero attached hydrogens (tertiary/aromatic N) is 1. The summed E-state index contributed by atoms with van der Waals surface area (Å²) in [6, 6.07) is 3.37. The minimum Gasteiger partial charge on any atom is -0.398 e. The molecule has 0 radical (unpaired) electrons. The number of aliphatic hydroxyl groups is 1. The summed E-state index contributed by atoms with van der Waals surface area (Å²) < 4.78 is 31.5. The van der Waals surface area contributed by atoms with Crippen LogP contribution in [0.3, 0.4) is 0 Å². The number of benzene rings is 1. The summed E-state index contributed by atoms with van der Waals surface area (Å²) in [5.41, 5.74) is 7.54. The maximum Gasteiger partial charge on any atom is 0.245 e. The van der Waals surface area contributed by atoms with E-state index in [1.165, 1.54) is 11.4 Å². The Kier molecular flexibility index (Phi) is 5.94. The molecule has 0 atom stereocenters. The first-order valence-electron chi connectivity index (χ1n) is 6.31. The molecule has 114 valence electrons. The van der Waals surface area contributed by atoms with Gasteiger partial charge in [0.2, 0.25) is 10.0 Å². The van der Waals surface area contributed by atoms with Crippen LogP contribution in [-0.4, -0.2) is 51.2 Å². The molecule has 0 amide bonds. The lowest BCUT2D eigenvalue weighted by molar-refractivity contribution is 0.168. The zero-order valence-corrected chi connectivity index (χ0v) is 12.9. The lowest BCUT2D eigenvalue weighted by atomic mass is 10.1. The Balaban J connectivity index is 3.29. The minimum atomic E-state index is -3.75. The Bertz CT molecular complexity index is 558. The summed E-state index contributed by atoms with van der Waals surface area (Å²) in [4.78, 5) is 0.113. The normalized spacial score (nSPS) is 12.1. The predicted molar refractivity (Wildman–Crippen MR) is 78.0 cm³/mol. The number of rotatable bonds is 7. The molecule has 0 spiro atoms. The Morgan fingerprint density at radius 3 is 2.50 bits per heavy atom. The zero-order valence-electron chi connectivity index (χ0n) is 12.1. The molecule has 6 nitrogen and oxygen atoms in total. The number of methoxy groups -OCH3 is 1. The van der Waals surface area contributed by atoms with E-state index in [0.29, 0.717) is 5.56 Å². The summed E-state index contributed by atoms with van der Waals surface area (Å²) >= 11 is 0. The third-order valence-electron chi connectivity index (χ3n) is 3.20. The fourth-order valence-corrected chi connectivity index (χ4v) is 3.75. The molecule has 0 saturated carbocycles. The molecule has 0 aliphatic heterocycles. The lowest BCUT2D eigenvalue weighted by Gasteiger charge is -2.23. The van der Waals surface area contributed by atoms with Crippen molar-refractivity contribution in [2.24, 2.45) is 0 Å². The van der Waals surface area contributed by atoms with Crippen LogP contribution in [0.2, 0.25) is 0 Å². The highest BCUT2D eigenvalue weighted by atomic mass is 32.2. The third-order valence-corrected chi connectivity index (χ3v) is 5.30. The number of anilines is 1.